The predicted molar refractivity (Wildman–Crippen MR) is 84.5 cm³/mol. The number of phenols is 1. The molecule has 1 fully saturated rings. The SMILES string of the molecule is C=CC[C@H](c1c(O)cc(F)cc1F)N1CCNCC1.Cl.Cl. The molecule has 0 amide bonds. The van der Waals surface area contributed by atoms with Crippen LogP contribution in [-0.2, 0) is 0 Å². The number of halogens is 4. The lowest BCUT2D eigenvalue weighted by molar-refractivity contribution is 0.168. The van der Waals surface area contributed by atoms with Crippen molar-refractivity contribution in [2.24, 2.45) is 0 Å². The first kappa shape index (κ1) is 20.1. The third kappa shape index (κ3) is 4.81. The topological polar surface area (TPSA) is 35.5 Å². The molecule has 1 saturated heterocycles. The summed E-state index contributed by atoms with van der Waals surface area (Å²) in [6.07, 6.45) is 2.20. The molecular weight excluding hydrogens is 321 g/mol. The van der Waals surface area contributed by atoms with Crippen LogP contribution in [0.3, 0.4) is 0 Å². The summed E-state index contributed by atoms with van der Waals surface area (Å²) in [5, 5.41) is 13.1. The van der Waals surface area contributed by atoms with Gasteiger partial charge in [0.2, 0.25) is 0 Å². The first-order valence-corrected chi connectivity index (χ1v) is 6.37. The lowest BCUT2D eigenvalue weighted by Gasteiger charge is -2.35. The van der Waals surface area contributed by atoms with Crippen molar-refractivity contribution in [3.63, 3.8) is 0 Å². The number of phenolic OH excluding ortho intramolecular Hbond substituents is 1. The van der Waals surface area contributed by atoms with Gasteiger partial charge in [-0.05, 0) is 6.42 Å². The Bertz CT molecular complexity index is 445. The maximum absolute atomic E-state index is 14.0. The van der Waals surface area contributed by atoms with Crippen LogP contribution in [0.1, 0.15) is 18.0 Å². The van der Waals surface area contributed by atoms with Gasteiger partial charge in [-0.3, -0.25) is 4.90 Å². The monoisotopic (exact) mass is 340 g/mol. The van der Waals surface area contributed by atoms with E-state index in [-0.39, 0.29) is 42.2 Å². The van der Waals surface area contributed by atoms with Gasteiger partial charge in [-0.2, -0.15) is 0 Å². The quantitative estimate of drug-likeness (QED) is 0.827. The fourth-order valence-corrected chi connectivity index (χ4v) is 2.50. The summed E-state index contributed by atoms with van der Waals surface area (Å²) >= 11 is 0. The van der Waals surface area contributed by atoms with Crippen LogP contribution < -0.4 is 5.32 Å². The van der Waals surface area contributed by atoms with Gasteiger partial charge in [0.25, 0.3) is 0 Å². The normalized spacial score (nSPS) is 16.5. The van der Waals surface area contributed by atoms with Crippen LogP contribution >= 0.6 is 24.8 Å². The molecule has 3 nitrogen and oxygen atoms in total. The van der Waals surface area contributed by atoms with Gasteiger partial charge in [0, 0.05) is 49.9 Å². The lowest BCUT2D eigenvalue weighted by atomic mass is 9.99. The second kappa shape index (κ2) is 9.20. The minimum Gasteiger partial charge on any atom is -0.507 e. The number of hydrogen-bond acceptors (Lipinski definition) is 3. The van der Waals surface area contributed by atoms with Crippen molar-refractivity contribution >= 4 is 24.8 Å². The molecule has 7 heteroatoms. The lowest BCUT2D eigenvalue weighted by Crippen LogP contribution is -2.45. The van der Waals surface area contributed by atoms with E-state index >= 15 is 0 Å². The van der Waals surface area contributed by atoms with E-state index < -0.39 is 11.6 Å². The Morgan fingerprint density at radius 1 is 1.29 bits per heavy atom. The molecule has 1 aliphatic rings. The van der Waals surface area contributed by atoms with Crippen molar-refractivity contribution in [3.05, 3.63) is 42.0 Å². The van der Waals surface area contributed by atoms with Crippen molar-refractivity contribution in [1.29, 1.82) is 0 Å². The number of hydrogen-bond donors (Lipinski definition) is 2. The summed E-state index contributed by atoms with van der Waals surface area (Å²) < 4.78 is 27.0. The minimum absolute atomic E-state index is 0. The van der Waals surface area contributed by atoms with E-state index in [2.05, 4.69) is 16.8 Å². The number of rotatable bonds is 4. The maximum atomic E-state index is 14.0. The van der Waals surface area contributed by atoms with Gasteiger partial charge < -0.3 is 10.4 Å². The van der Waals surface area contributed by atoms with Crippen LogP contribution in [0.4, 0.5) is 8.78 Å². The fourth-order valence-electron chi connectivity index (χ4n) is 2.50. The number of aromatic hydroxyl groups is 1. The standard InChI is InChI=1S/C14H18F2N2O.2ClH/c1-2-3-12(18-6-4-17-5-7-18)14-11(16)8-10(15)9-13(14)19;;/h2,8-9,12,17,19H,1,3-7H2;2*1H/t12-;;/m1../s1. The molecule has 2 N–H and O–H groups in total. The average molecular weight is 341 g/mol. The average Bonchev–Trinajstić information content (AvgIpc) is 2.37. The molecule has 120 valence electrons. The van der Waals surface area contributed by atoms with E-state index in [0.29, 0.717) is 6.42 Å². The van der Waals surface area contributed by atoms with E-state index in [1.165, 1.54) is 0 Å². The third-order valence-corrected chi connectivity index (χ3v) is 3.39. The fraction of sp³-hybridized carbons (Fsp3) is 0.429. The Morgan fingerprint density at radius 3 is 2.43 bits per heavy atom. The Balaban J connectivity index is 0.00000200. The van der Waals surface area contributed by atoms with E-state index in [4.69, 9.17) is 0 Å². The molecule has 0 saturated carbocycles. The number of nitrogens with one attached hydrogen (secondary N) is 1. The predicted octanol–water partition coefficient (Wildman–Crippen LogP) is 3.04. The van der Waals surface area contributed by atoms with Crippen LogP contribution in [0, 0.1) is 11.6 Å². The zero-order chi connectivity index (χ0) is 13.8. The highest BCUT2D eigenvalue weighted by Crippen LogP contribution is 2.34. The van der Waals surface area contributed by atoms with Gasteiger partial charge in [-0.15, -0.1) is 31.4 Å². The summed E-state index contributed by atoms with van der Waals surface area (Å²) in [6, 6.07) is 1.46. The van der Waals surface area contributed by atoms with Crippen LogP contribution in [0.25, 0.3) is 0 Å². The Morgan fingerprint density at radius 2 is 1.90 bits per heavy atom. The summed E-state index contributed by atoms with van der Waals surface area (Å²) in [5.41, 5.74) is 0.156. The zero-order valence-corrected chi connectivity index (χ0v) is 13.2. The van der Waals surface area contributed by atoms with Gasteiger partial charge in [0.15, 0.2) is 0 Å². The van der Waals surface area contributed by atoms with E-state index in [0.717, 1.165) is 38.3 Å². The van der Waals surface area contributed by atoms with Crippen molar-refractivity contribution in [1.82, 2.24) is 10.2 Å². The molecule has 0 unspecified atom stereocenters. The largest absolute Gasteiger partial charge is 0.507 e. The molecule has 1 aromatic rings. The highest BCUT2D eigenvalue weighted by molar-refractivity contribution is 5.85. The smallest absolute Gasteiger partial charge is 0.134 e. The van der Waals surface area contributed by atoms with Crippen LogP contribution in [-0.4, -0.2) is 36.2 Å². The second-order valence-electron chi connectivity index (χ2n) is 4.65. The third-order valence-electron chi connectivity index (χ3n) is 3.39. The zero-order valence-electron chi connectivity index (χ0n) is 11.5. The van der Waals surface area contributed by atoms with Gasteiger partial charge in [0.1, 0.15) is 17.4 Å². The van der Waals surface area contributed by atoms with Crippen molar-refractivity contribution in [2.45, 2.75) is 12.5 Å². The van der Waals surface area contributed by atoms with E-state index in [1.54, 1.807) is 6.08 Å². The summed E-state index contributed by atoms with van der Waals surface area (Å²) in [7, 11) is 0. The highest BCUT2D eigenvalue weighted by Gasteiger charge is 2.26. The minimum atomic E-state index is -0.767. The van der Waals surface area contributed by atoms with Crippen molar-refractivity contribution in [2.75, 3.05) is 26.2 Å². The summed E-state index contributed by atoms with van der Waals surface area (Å²) in [6.45, 7) is 6.83. The Kier molecular flexibility index (Phi) is 8.82. The van der Waals surface area contributed by atoms with Crippen LogP contribution in [0.5, 0.6) is 5.75 Å². The molecule has 0 radical (unpaired) electrons. The summed E-state index contributed by atoms with van der Waals surface area (Å²) in [5.74, 6) is -1.80. The number of nitrogens with zero attached hydrogens (tertiary/aromatic N) is 1. The molecular formula is C14H20Cl2F2N2O. The van der Waals surface area contributed by atoms with Crippen molar-refractivity contribution in [3.8, 4) is 5.75 Å². The van der Waals surface area contributed by atoms with Crippen LogP contribution in [0.15, 0.2) is 24.8 Å². The van der Waals surface area contributed by atoms with Gasteiger partial charge >= 0.3 is 0 Å². The van der Waals surface area contributed by atoms with E-state index in [9.17, 15) is 13.9 Å². The Hall–Kier alpha value is -0.880. The van der Waals surface area contributed by atoms with Crippen molar-refractivity contribution < 1.29 is 13.9 Å². The second-order valence-corrected chi connectivity index (χ2v) is 4.65. The first-order valence-electron chi connectivity index (χ1n) is 6.37. The molecule has 0 aromatic heterocycles. The molecule has 0 bridgehead atoms. The maximum Gasteiger partial charge on any atom is 0.134 e. The molecule has 0 aliphatic carbocycles. The number of piperazine rings is 1. The van der Waals surface area contributed by atoms with Gasteiger partial charge in [-0.25, -0.2) is 8.78 Å². The number of benzene rings is 1. The van der Waals surface area contributed by atoms with Gasteiger partial charge in [0.05, 0.1) is 0 Å². The first-order chi connectivity index (χ1) is 9.13. The molecule has 0 spiro atoms. The summed E-state index contributed by atoms with van der Waals surface area (Å²) in [4.78, 5) is 2.08. The molecule has 21 heavy (non-hydrogen) atoms. The molecule has 2 rings (SSSR count). The Labute approximate surface area is 135 Å². The van der Waals surface area contributed by atoms with E-state index in [1.807, 2.05) is 0 Å². The molecule has 1 atom stereocenters. The van der Waals surface area contributed by atoms with Crippen LogP contribution in [0.2, 0.25) is 0 Å². The van der Waals surface area contributed by atoms with Gasteiger partial charge in [-0.1, -0.05) is 6.08 Å². The molecule has 1 heterocycles. The highest BCUT2D eigenvalue weighted by atomic mass is 35.5. The molecule has 1 aliphatic heterocycles. The molecule has 1 aromatic carbocycles.